The molecule has 4 aromatic rings. The summed E-state index contributed by atoms with van der Waals surface area (Å²) in [5, 5.41) is 6.08. The Morgan fingerprint density at radius 2 is 1.78 bits per heavy atom. The van der Waals surface area contributed by atoms with Crippen molar-refractivity contribution in [3.63, 3.8) is 0 Å². The molecule has 10 heteroatoms. The number of anilines is 1. The van der Waals surface area contributed by atoms with Gasteiger partial charge in [0.2, 0.25) is 5.91 Å². The van der Waals surface area contributed by atoms with Gasteiger partial charge in [0.05, 0.1) is 12.1 Å². The Labute approximate surface area is 241 Å². The van der Waals surface area contributed by atoms with Gasteiger partial charge in [-0.2, -0.15) is 0 Å². The number of cyclic esters (lactones) is 1. The summed E-state index contributed by atoms with van der Waals surface area (Å²) in [6.07, 6.45) is 0.550. The second-order valence-electron chi connectivity index (χ2n) is 9.43. The van der Waals surface area contributed by atoms with Gasteiger partial charge >= 0.3 is 6.09 Å². The zero-order chi connectivity index (χ0) is 28.8. The first-order chi connectivity index (χ1) is 19.9. The monoisotopic (exact) mass is 572 g/mol. The van der Waals surface area contributed by atoms with Gasteiger partial charge in [0.15, 0.2) is 12.1 Å². The van der Waals surface area contributed by atoms with Gasteiger partial charge in [0, 0.05) is 35.6 Å². The number of nitrogens with one attached hydrogen (secondary N) is 2. The van der Waals surface area contributed by atoms with E-state index < -0.39 is 35.9 Å². The first-order valence-corrected chi connectivity index (χ1v) is 13.3. The van der Waals surface area contributed by atoms with E-state index in [1.807, 2.05) is 18.2 Å². The molecule has 2 N–H and O–H groups in total. The van der Waals surface area contributed by atoms with Gasteiger partial charge in [-0.25, -0.2) is 9.18 Å². The molecular formula is C31H26ClFN4O4. The molecule has 0 spiro atoms. The predicted molar refractivity (Wildman–Crippen MR) is 152 cm³/mol. The molecule has 0 aliphatic carbocycles. The molecule has 3 amide bonds. The van der Waals surface area contributed by atoms with E-state index in [9.17, 15) is 18.8 Å². The Morgan fingerprint density at radius 1 is 0.976 bits per heavy atom. The van der Waals surface area contributed by atoms with Crippen LogP contribution in [0.3, 0.4) is 0 Å². The highest BCUT2D eigenvalue weighted by Gasteiger charge is 2.47. The molecule has 0 radical (unpaired) electrons. The van der Waals surface area contributed by atoms with E-state index in [1.54, 1.807) is 60.8 Å². The molecule has 8 nitrogen and oxygen atoms in total. The molecule has 5 rings (SSSR count). The van der Waals surface area contributed by atoms with Crippen LogP contribution in [-0.4, -0.2) is 40.4 Å². The lowest BCUT2D eigenvalue weighted by molar-refractivity contribution is -0.126. The second kappa shape index (κ2) is 12.6. The number of hydrogen-bond acceptors (Lipinski definition) is 5. The number of nitrogens with zero attached hydrogens (tertiary/aromatic N) is 2. The average molecular weight is 573 g/mol. The molecule has 1 fully saturated rings. The van der Waals surface area contributed by atoms with Crippen LogP contribution in [0.1, 0.15) is 33.3 Å². The highest BCUT2D eigenvalue weighted by molar-refractivity contribution is 6.30. The molecule has 2 atom stereocenters. The van der Waals surface area contributed by atoms with Crippen LogP contribution in [0.25, 0.3) is 0 Å². The summed E-state index contributed by atoms with van der Waals surface area (Å²) in [5.74, 6) is -1.68. The van der Waals surface area contributed by atoms with Crippen molar-refractivity contribution < 1.29 is 23.5 Å². The number of halogens is 2. The molecule has 2 heterocycles. The minimum Gasteiger partial charge on any atom is -0.438 e. The normalized spacial score (nSPS) is 16.2. The topological polar surface area (TPSA) is 101 Å². The average Bonchev–Trinajstić information content (AvgIpc) is 3.29. The maximum absolute atomic E-state index is 14.1. The molecule has 1 aliphatic heterocycles. The smallest absolute Gasteiger partial charge is 0.411 e. The zero-order valence-corrected chi connectivity index (χ0v) is 22.6. The van der Waals surface area contributed by atoms with Crippen molar-refractivity contribution in [1.82, 2.24) is 15.2 Å². The molecule has 0 saturated carbocycles. The molecule has 1 aliphatic rings. The van der Waals surface area contributed by atoms with Crippen molar-refractivity contribution >= 4 is 35.2 Å². The van der Waals surface area contributed by atoms with Crippen LogP contribution in [-0.2, 0) is 22.5 Å². The van der Waals surface area contributed by atoms with Gasteiger partial charge in [-0.3, -0.25) is 19.5 Å². The third-order valence-electron chi connectivity index (χ3n) is 6.59. The van der Waals surface area contributed by atoms with E-state index in [4.69, 9.17) is 16.3 Å². The highest BCUT2D eigenvalue weighted by atomic mass is 35.5. The van der Waals surface area contributed by atoms with Crippen LogP contribution in [0.4, 0.5) is 14.9 Å². The fourth-order valence-electron chi connectivity index (χ4n) is 4.64. The van der Waals surface area contributed by atoms with Crippen molar-refractivity contribution in [1.29, 1.82) is 0 Å². The Kier molecular flexibility index (Phi) is 8.55. The molecule has 3 aromatic carbocycles. The number of amides is 3. The molecule has 0 unspecified atom stereocenters. The minimum absolute atomic E-state index is 0.0952. The molecule has 1 aromatic heterocycles. The van der Waals surface area contributed by atoms with E-state index in [1.165, 1.54) is 23.1 Å². The number of benzene rings is 3. The Morgan fingerprint density at radius 3 is 2.56 bits per heavy atom. The maximum Gasteiger partial charge on any atom is 0.411 e. The first kappa shape index (κ1) is 27.8. The quantitative estimate of drug-likeness (QED) is 0.274. The van der Waals surface area contributed by atoms with Gasteiger partial charge in [-0.15, -0.1) is 0 Å². The summed E-state index contributed by atoms with van der Waals surface area (Å²) in [7, 11) is 0. The lowest BCUT2D eigenvalue weighted by atomic mass is 10.00. The predicted octanol–water partition coefficient (Wildman–Crippen LogP) is 5.55. The third kappa shape index (κ3) is 6.70. The molecule has 208 valence electrons. The number of hydrogen-bond donors (Lipinski definition) is 2. The SMILES string of the molecule is O=C(Nc1cccc([C@@H]2OC(=O)N(Cc3cccc(Cl)c3)[C@@H]2C(=O)NCCc2ccccn2)c1)c1ccccc1F. The van der Waals surface area contributed by atoms with Gasteiger partial charge in [-0.1, -0.05) is 54.1 Å². The summed E-state index contributed by atoms with van der Waals surface area (Å²) in [5.41, 5.74) is 2.28. The third-order valence-corrected chi connectivity index (χ3v) is 6.83. The van der Waals surface area contributed by atoms with Gasteiger partial charge < -0.3 is 15.4 Å². The van der Waals surface area contributed by atoms with Crippen molar-refractivity contribution in [2.75, 3.05) is 11.9 Å². The summed E-state index contributed by atoms with van der Waals surface area (Å²) in [6.45, 7) is 0.398. The Hall–Kier alpha value is -4.76. The van der Waals surface area contributed by atoms with Gasteiger partial charge in [-0.05, 0) is 59.7 Å². The minimum atomic E-state index is -1.01. The Bertz CT molecular complexity index is 1570. The number of aromatic nitrogens is 1. The molecular weight excluding hydrogens is 547 g/mol. The fraction of sp³-hybridized carbons (Fsp3) is 0.161. The van der Waals surface area contributed by atoms with E-state index >= 15 is 0 Å². The summed E-state index contributed by atoms with van der Waals surface area (Å²) in [6, 6.07) is 23.8. The lowest BCUT2D eigenvalue weighted by Gasteiger charge is -2.24. The number of rotatable bonds is 9. The maximum atomic E-state index is 14.1. The van der Waals surface area contributed by atoms with Crippen molar-refractivity contribution in [2.45, 2.75) is 25.1 Å². The zero-order valence-electron chi connectivity index (χ0n) is 21.8. The van der Waals surface area contributed by atoms with E-state index in [0.29, 0.717) is 29.2 Å². The molecule has 41 heavy (non-hydrogen) atoms. The van der Waals surface area contributed by atoms with Gasteiger partial charge in [0.25, 0.3) is 5.91 Å². The molecule has 1 saturated heterocycles. The number of ether oxygens (including phenoxy) is 1. The van der Waals surface area contributed by atoms with E-state index in [0.717, 1.165) is 11.3 Å². The number of carbonyl (C=O) groups is 3. The highest BCUT2D eigenvalue weighted by Crippen LogP contribution is 2.35. The molecule has 0 bridgehead atoms. The Balaban J connectivity index is 1.39. The van der Waals surface area contributed by atoms with Crippen LogP contribution in [0.15, 0.2) is 97.2 Å². The van der Waals surface area contributed by atoms with Crippen molar-refractivity contribution in [2.24, 2.45) is 0 Å². The lowest BCUT2D eigenvalue weighted by Crippen LogP contribution is -2.46. The standard InChI is InChI=1S/C31H26ClFN4O4/c32-22-9-5-7-20(17-22)19-37-27(30(39)35-16-14-23-10-3-4-15-34-23)28(41-31(37)40)21-8-6-11-24(18-21)36-29(38)25-12-1-2-13-26(25)33/h1-13,15,17-18,27-28H,14,16,19H2,(H,35,39)(H,36,38)/t27-,28-/m0/s1. The van der Waals surface area contributed by atoms with Crippen LogP contribution >= 0.6 is 11.6 Å². The van der Waals surface area contributed by atoms with Crippen LogP contribution in [0.5, 0.6) is 0 Å². The largest absolute Gasteiger partial charge is 0.438 e. The van der Waals surface area contributed by atoms with E-state index in [2.05, 4.69) is 15.6 Å². The number of carbonyl (C=O) groups excluding carboxylic acids is 3. The number of pyridine rings is 1. The van der Waals surface area contributed by atoms with Crippen LogP contribution in [0.2, 0.25) is 5.02 Å². The first-order valence-electron chi connectivity index (χ1n) is 12.9. The summed E-state index contributed by atoms with van der Waals surface area (Å²) in [4.78, 5) is 45.0. The summed E-state index contributed by atoms with van der Waals surface area (Å²) < 4.78 is 19.9. The summed E-state index contributed by atoms with van der Waals surface area (Å²) >= 11 is 6.15. The fourth-order valence-corrected chi connectivity index (χ4v) is 4.86. The van der Waals surface area contributed by atoms with E-state index in [-0.39, 0.29) is 12.1 Å². The van der Waals surface area contributed by atoms with Crippen LogP contribution < -0.4 is 10.6 Å². The van der Waals surface area contributed by atoms with Crippen molar-refractivity contribution in [3.8, 4) is 0 Å². The van der Waals surface area contributed by atoms with Crippen LogP contribution in [0, 0.1) is 5.82 Å². The van der Waals surface area contributed by atoms with Crippen molar-refractivity contribution in [3.05, 3.63) is 130 Å². The van der Waals surface area contributed by atoms with Gasteiger partial charge in [0.1, 0.15) is 5.82 Å². The second-order valence-corrected chi connectivity index (χ2v) is 9.86.